The SMILES string of the molecule is Cc1nccnc1-c1cc(C(=O)O)c2cccc(Cl)c2n1. The molecule has 21 heavy (non-hydrogen) atoms. The maximum atomic E-state index is 11.5. The van der Waals surface area contributed by atoms with E-state index >= 15 is 0 Å². The summed E-state index contributed by atoms with van der Waals surface area (Å²) in [7, 11) is 0. The van der Waals surface area contributed by atoms with Crippen molar-refractivity contribution in [1.29, 1.82) is 0 Å². The molecular formula is C15H10ClN3O2. The van der Waals surface area contributed by atoms with Gasteiger partial charge in [0.1, 0.15) is 5.69 Å². The van der Waals surface area contributed by atoms with Crippen LogP contribution in [0.1, 0.15) is 16.1 Å². The Morgan fingerprint density at radius 2 is 2.00 bits per heavy atom. The Labute approximate surface area is 125 Å². The second-order valence-corrected chi connectivity index (χ2v) is 4.89. The predicted octanol–water partition coefficient (Wildman–Crippen LogP) is 3.35. The van der Waals surface area contributed by atoms with Gasteiger partial charge in [-0.3, -0.25) is 9.97 Å². The fourth-order valence-corrected chi connectivity index (χ4v) is 2.39. The van der Waals surface area contributed by atoms with Crippen LogP contribution in [0.4, 0.5) is 0 Å². The van der Waals surface area contributed by atoms with E-state index in [4.69, 9.17) is 11.6 Å². The van der Waals surface area contributed by atoms with Crippen molar-refractivity contribution in [3.05, 3.63) is 52.9 Å². The van der Waals surface area contributed by atoms with Crippen LogP contribution in [-0.2, 0) is 0 Å². The zero-order chi connectivity index (χ0) is 15.0. The first-order chi connectivity index (χ1) is 10.1. The van der Waals surface area contributed by atoms with Gasteiger partial charge in [0, 0.05) is 17.8 Å². The zero-order valence-corrected chi connectivity index (χ0v) is 11.8. The average Bonchev–Trinajstić information content (AvgIpc) is 2.47. The standard InChI is InChI=1S/C15H10ClN3O2/c1-8-13(18-6-5-17-8)12-7-10(15(20)21)9-3-2-4-11(16)14(9)19-12/h2-7H,1H3,(H,20,21). The normalized spacial score (nSPS) is 10.8. The monoisotopic (exact) mass is 299 g/mol. The molecule has 0 fully saturated rings. The minimum atomic E-state index is -1.03. The number of para-hydroxylation sites is 1. The highest BCUT2D eigenvalue weighted by Crippen LogP contribution is 2.29. The fraction of sp³-hybridized carbons (Fsp3) is 0.0667. The number of halogens is 1. The number of pyridine rings is 1. The first-order valence-electron chi connectivity index (χ1n) is 6.18. The van der Waals surface area contributed by atoms with Gasteiger partial charge >= 0.3 is 5.97 Å². The molecule has 0 aliphatic carbocycles. The van der Waals surface area contributed by atoms with Crippen molar-refractivity contribution < 1.29 is 9.90 Å². The van der Waals surface area contributed by atoms with E-state index in [1.54, 1.807) is 37.5 Å². The summed E-state index contributed by atoms with van der Waals surface area (Å²) in [6, 6.07) is 6.56. The number of nitrogens with zero attached hydrogens (tertiary/aromatic N) is 3. The molecule has 0 saturated carbocycles. The van der Waals surface area contributed by atoms with Gasteiger partial charge < -0.3 is 5.11 Å². The highest BCUT2D eigenvalue weighted by Gasteiger charge is 2.16. The third-order valence-electron chi connectivity index (χ3n) is 3.14. The molecule has 0 aliphatic heterocycles. The third-order valence-corrected chi connectivity index (χ3v) is 3.45. The maximum Gasteiger partial charge on any atom is 0.336 e. The summed E-state index contributed by atoms with van der Waals surface area (Å²) in [5.41, 5.74) is 2.25. The summed E-state index contributed by atoms with van der Waals surface area (Å²) in [6.07, 6.45) is 3.12. The van der Waals surface area contributed by atoms with Crippen LogP contribution in [-0.4, -0.2) is 26.0 Å². The first kappa shape index (κ1) is 13.5. The van der Waals surface area contributed by atoms with Crippen molar-refractivity contribution in [1.82, 2.24) is 15.0 Å². The summed E-state index contributed by atoms with van der Waals surface area (Å²) in [6.45, 7) is 1.79. The Morgan fingerprint density at radius 1 is 1.24 bits per heavy atom. The number of rotatable bonds is 2. The van der Waals surface area contributed by atoms with E-state index < -0.39 is 5.97 Å². The van der Waals surface area contributed by atoms with E-state index in [9.17, 15) is 9.90 Å². The molecule has 2 heterocycles. The average molecular weight is 300 g/mol. The van der Waals surface area contributed by atoms with E-state index in [0.29, 0.717) is 33.0 Å². The predicted molar refractivity (Wildman–Crippen MR) is 79.5 cm³/mol. The van der Waals surface area contributed by atoms with Crippen LogP contribution >= 0.6 is 11.6 Å². The summed E-state index contributed by atoms with van der Waals surface area (Å²) >= 11 is 6.14. The maximum absolute atomic E-state index is 11.5. The molecule has 1 N–H and O–H groups in total. The molecule has 1 aromatic carbocycles. The number of benzene rings is 1. The molecule has 3 rings (SSSR count). The molecule has 0 unspecified atom stereocenters. The highest BCUT2D eigenvalue weighted by atomic mass is 35.5. The van der Waals surface area contributed by atoms with Gasteiger partial charge in [-0.15, -0.1) is 0 Å². The van der Waals surface area contributed by atoms with Gasteiger partial charge in [0.25, 0.3) is 0 Å². The van der Waals surface area contributed by atoms with E-state index in [1.165, 1.54) is 6.07 Å². The molecule has 104 valence electrons. The molecule has 6 heteroatoms. The summed E-state index contributed by atoms with van der Waals surface area (Å²) in [5, 5.41) is 10.3. The van der Waals surface area contributed by atoms with Gasteiger partial charge in [-0.2, -0.15) is 0 Å². The smallest absolute Gasteiger partial charge is 0.336 e. The number of fused-ring (bicyclic) bond motifs is 1. The lowest BCUT2D eigenvalue weighted by molar-refractivity contribution is 0.0699. The number of hydrogen-bond acceptors (Lipinski definition) is 4. The van der Waals surface area contributed by atoms with Gasteiger partial charge in [0.15, 0.2) is 0 Å². The van der Waals surface area contributed by atoms with Crippen molar-refractivity contribution in [2.75, 3.05) is 0 Å². The molecule has 0 bridgehead atoms. The molecule has 5 nitrogen and oxygen atoms in total. The first-order valence-corrected chi connectivity index (χ1v) is 6.56. The number of aromatic carboxylic acids is 1. The number of aryl methyl sites for hydroxylation is 1. The van der Waals surface area contributed by atoms with Crippen LogP contribution < -0.4 is 0 Å². The Balaban J connectivity index is 2.38. The van der Waals surface area contributed by atoms with Crippen LogP contribution in [0, 0.1) is 6.92 Å². The Morgan fingerprint density at radius 3 is 2.71 bits per heavy atom. The van der Waals surface area contributed by atoms with Crippen molar-refractivity contribution >= 4 is 28.5 Å². The number of carboxylic acids is 1. The van der Waals surface area contributed by atoms with Gasteiger partial charge in [-0.1, -0.05) is 23.7 Å². The fourth-order valence-electron chi connectivity index (χ4n) is 2.17. The van der Waals surface area contributed by atoms with E-state index in [-0.39, 0.29) is 5.56 Å². The second kappa shape index (κ2) is 5.10. The summed E-state index contributed by atoms with van der Waals surface area (Å²) in [4.78, 5) is 24.3. The van der Waals surface area contributed by atoms with Crippen LogP contribution in [0.3, 0.4) is 0 Å². The van der Waals surface area contributed by atoms with E-state index in [2.05, 4.69) is 15.0 Å². The zero-order valence-electron chi connectivity index (χ0n) is 11.0. The topological polar surface area (TPSA) is 76.0 Å². The third kappa shape index (κ3) is 2.32. The van der Waals surface area contributed by atoms with E-state index in [1.807, 2.05) is 0 Å². The second-order valence-electron chi connectivity index (χ2n) is 4.49. The largest absolute Gasteiger partial charge is 0.478 e. The molecule has 0 amide bonds. The van der Waals surface area contributed by atoms with Crippen molar-refractivity contribution in [3.63, 3.8) is 0 Å². The van der Waals surface area contributed by atoms with Crippen molar-refractivity contribution in [3.8, 4) is 11.4 Å². The molecule has 0 spiro atoms. The molecule has 0 aliphatic rings. The summed E-state index contributed by atoms with van der Waals surface area (Å²) < 4.78 is 0. The van der Waals surface area contributed by atoms with Gasteiger partial charge in [0.2, 0.25) is 0 Å². The molecule has 3 aromatic rings. The Kier molecular flexibility index (Phi) is 3.27. The van der Waals surface area contributed by atoms with Crippen LogP contribution in [0.5, 0.6) is 0 Å². The molecular weight excluding hydrogens is 290 g/mol. The van der Waals surface area contributed by atoms with Crippen molar-refractivity contribution in [2.45, 2.75) is 6.92 Å². The Bertz CT molecular complexity index is 865. The lowest BCUT2D eigenvalue weighted by atomic mass is 10.1. The molecule has 0 atom stereocenters. The molecule has 0 radical (unpaired) electrons. The molecule has 0 saturated heterocycles. The highest BCUT2D eigenvalue weighted by molar-refractivity contribution is 6.35. The van der Waals surface area contributed by atoms with Gasteiger partial charge in [-0.25, -0.2) is 9.78 Å². The minimum absolute atomic E-state index is 0.141. The van der Waals surface area contributed by atoms with Crippen molar-refractivity contribution in [2.24, 2.45) is 0 Å². The quantitative estimate of drug-likeness (QED) is 0.785. The lowest BCUT2D eigenvalue weighted by Gasteiger charge is -2.08. The van der Waals surface area contributed by atoms with Crippen LogP contribution in [0.25, 0.3) is 22.3 Å². The van der Waals surface area contributed by atoms with Gasteiger partial charge in [0.05, 0.1) is 27.5 Å². The Hall–Kier alpha value is -2.53. The number of carbonyl (C=O) groups is 1. The summed E-state index contributed by atoms with van der Waals surface area (Å²) in [5.74, 6) is -1.03. The number of carboxylic acid groups (broad SMARTS) is 1. The van der Waals surface area contributed by atoms with Crippen LogP contribution in [0.2, 0.25) is 5.02 Å². The van der Waals surface area contributed by atoms with Gasteiger partial charge in [-0.05, 0) is 19.1 Å². The number of hydrogen-bond donors (Lipinski definition) is 1. The minimum Gasteiger partial charge on any atom is -0.478 e. The number of aromatic nitrogens is 3. The molecule has 2 aromatic heterocycles. The van der Waals surface area contributed by atoms with E-state index in [0.717, 1.165) is 0 Å². The lowest BCUT2D eigenvalue weighted by Crippen LogP contribution is -2.02. The van der Waals surface area contributed by atoms with Crippen LogP contribution in [0.15, 0.2) is 36.7 Å².